The van der Waals surface area contributed by atoms with E-state index in [2.05, 4.69) is 38.0 Å². The van der Waals surface area contributed by atoms with E-state index in [0.29, 0.717) is 30.2 Å². The molecule has 0 aliphatic heterocycles. The van der Waals surface area contributed by atoms with Crippen LogP contribution < -0.4 is 5.32 Å². The highest BCUT2D eigenvalue weighted by Crippen LogP contribution is 2.31. The van der Waals surface area contributed by atoms with E-state index in [1.54, 1.807) is 6.07 Å². The lowest BCUT2D eigenvalue weighted by atomic mass is 9.84. The summed E-state index contributed by atoms with van der Waals surface area (Å²) in [7, 11) is -1.25. The first-order valence-electron chi connectivity index (χ1n) is 15.4. The number of nitrogens with zero attached hydrogens (tertiary/aromatic N) is 1. The van der Waals surface area contributed by atoms with Crippen molar-refractivity contribution in [2.75, 3.05) is 25.7 Å². The molecule has 3 rings (SSSR count). The van der Waals surface area contributed by atoms with E-state index >= 15 is 0 Å². The first-order valence-corrected chi connectivity index (χ1v) is 17.4. The third-order valence-corrected chi connectivity index (χ3v) is 9.22. The molecular weight excluding hydrogens is 564 g/mol. The van der Waals surface area contributed by atoms with Crippen LogP contribution in [0.15, 0.2) is 42.5 Å². The van der Waals surface area contributed by atoms with Gasteiger partial charge in [-0.2, -0.15) is 0 Å². The Morgan fingerprint density at radius 3 is 2.35 bits per heavy atom. The summed E-state index contributed by atoms with van der Waals surface area (Å²) in [6.45, 7) is 9.53. The molecule has 0 aromatic heterocycles. The first kappa shape index (κ1) is 34.7. The number of carboxylic acid groups (broad SMARTS) is 1. The van der Waals surface area contributed by atoms with Gasteiger partial charge in [0.2, 0.25) is 0 Å². The number of carbonyl (C=O) groups excluding carboxylic acids is 1. The molecule has 0 heterocycles. The maximum Gasteiger partial charge on any atom is 0.326 e. The Balaban J connectivity index is 1.89. The Labute approximate surface area is 258 Å². The minimum absolute atomic E-state index is 0.207. The molecule has 9 heteroatoms. The van der Waals surface area contributed by atoms with Gasteiger partial charge in [-0.1, -0.05) is 62.4 Å². The fourth-order valence-electron chi connectivity index (χ4n) is 5.76. The first-order chi connectivity index (χ1) is 20.1. The smallest absolute Gasteiger partial charge is 0.326 e. The summed E-state index contributed by atoms with van der Waals surface area (Å²) in [6, 6.07) is 12.4. The van der Waals surface area contributed by atoms with Crippen molar-refractivity contribution in [1.82, 2.24) is 10.2 Å². The number of benzene rings is 2. The highest BCUT2D eigenvalue weighted by atomic mass is 32.2. The zero-order chi connectivity index (χ0) is 31.8. The molecule has 2 aromatic rings. The maximum absolute atomic E-state index is 13.5. The van der Waals surface area contributed by atoms with Gasteiger partial charge in [-0.15, -0.1) is 0 Å². The Bertz CT molecular complexity index is 1340. The molecule has 0 unspecified atom stereocenters. The monoisotopic (exact) mass is 614 g/mol. The number of aryl methyl sites for hydroxylation is 1. The second kappa shape index (κ2) is 15.3. The molecule has 1 fully saturated rings. The normalized spacial score (nSPS) is 16.2. The summed E-state index contributed by atoms with van der Waals surface area (Å²) in [5.41, 5.74) is 3.74. The summed E-state index contributed by atoms with van der Waals surface area (Å²) in [5.74, 6) is -1.45. The van der Waals surface area contributed by atoms with Crippen molar-refractivity contribution in [2.45, 2.75) is 96.9 Å². The molecule has 0 saturated heterocycles. The van der Waals surface area contributed by atoms with E-state index in [9.17, 15) is 23.1 Å². The Kier molecular flexibility index (Phi) is 12.4. The number of carboxylic acids is 1. The molecule has 238 valence electrons. The standard InChI is InChI=1S/C34H50N2O6S/c1-24-12-10-11-15-28(24)30-21-26(16-17-29(30)32(37)35-31(33(38)39)18-19-43(6,40)41)22-36(5)27(23-42-34(2,3)4)20-25-13-8-7-9-14-25/h10-12,15-17,21,25,27,31H,7-9,13-14,18-20,22-23H2,1-6H3,(H,35,37)(H,38,39)/t27-,31+/m1/s1. The van der Waals surface area contributed by atoms with Crippen LogP contribution in [0.1, 0.15) is 87.2 Å². The van der Waals surface area contributed by atoms with Crippen molar-refractivity contribution in [1.29, 1.82) is 0 Å². The highest BCUT2D eigenvalue weighted by Gasteiger charge is 2.26. The van der Waals surface area contributed by atoms with Gasteiger partial charge in [0.15, 0.2) is 0 Å². The van der Waals surface area contributed by atoms with Gasteiger partial charge in [-0.05, 0) is 87.9 Å². The molecule has 1 saturated carbocycles. The minimum Gasteiger partial charge on any atom is -0.480 e. The number of rotatable bonds is 14. The number of sulfone groups is 1. The largest absolute Gasteiger partial charge is 0.480 e. The molecule has 1 amide bonds. The van der Waals surface area contributed by atoms with Crippen molar-refractivity contribution >= 4 is 21.7 Å². The van der Waals surface area contributed by atoms with Gasteiger partial charge in [0.05, 0.1) is 18.0 Å². The van der Waals surface area contributed by atoms with Crippen LogP contribution in [0, 0.1) is 12.8 Å². The molecule has 2 aromatic carbocycles. The van der Waals surface area contributed by atoms with E-state index in [1.807, 2.05) is 43.3 Å². The van der Waals surface area contributed by atoms with Crippen molar-refractivity contribution in [2.24, 2.45) is 5.92 Å². The van der Waals surface area contributed by atoms with E-state index < -0.39 is 27.8 Å². The fraction of sp³-hybridized carbons (Fsp3) is 0.588. The van der Waals surface area contributed by atoms with Crippen LogP contribution in [0.5, 0.6) is 0 Å². The van der Waals surface area contributed by atoms with Crippen LogP contribution in [0.4, 0.5) is 0 Å². The molecule has 43 heavy (non-hydrogen) atoms. The van der Waals surface area contributed by atoms with Gasteiger partial charge in [0.1, 0.15) is 15.9 Å². The lowest BCUT2D eigenvalue weighted by molar-refractivity contribution is -0.139. The van der Waals surface area contributed by atoms with Crippen LogP contribution in [0.25, 0.3) is 11.1 Å². The van der Waals surface area contributed by atoms with Crippen LogP contribution in [-0.4, -0.2) is 73.6 Å². The number of hydrogen-bond acceptors (Lipinski definition) is 6. The number of carbonyl (C=O) groups is 2. The Hall–Kier alpha value is -2.75. The lowest BCUT2D eigenvalue weighted by Crippen LogP contribution is -2.42. The molecule has 0 radical (unpaired) electrons. The van der Waals surface area contributed by atoms with Crippen molar-refractivity contribution in [3.8, 4) is 11.1 Å². The topological polar surface area (TPSA) is 113 Å². The summed E-state index contributed by atoms with van der Waals surface area (Å²) < 4.78 is 29.6. The fourth-order valence-corrected chi connectivity index (χ4v) is 6.42. The van der Waals surface area contributed by atoms with Crippen LogP contribution in [0.3, 0.4) is 0 Å². The van der Waals surface area contributed by atoms with Gasteiger partial charge < -0.3 is 15.2 Å². The van der Waals surface area contributed by atoms with Crippen molar-refractivity contribution in [3.63, 3.8) is 0 Å². The Morgan fingerprint density at radius 1 is 1.07 bits per heavy atom. The van der Waals surface area contributed by atoms with Gasteiger partial charge in [0, 0.05) is 24.4 Å². The summed E-state index contributed by atoms with van der Waals surface area (Å²) in [5, 5.41) is 12.2. The molecule has 0 spiro atoms. The molecular formula is C34H50N2O6S. The van der Waals surface area contributed by atoms with Crippen LogP contribution in [0.2, 0.25) is 0 Å². The number of aliphatic carboxylic acids is 1. The molecule has 8 nitrogen and oxygen atoms in total. The average Bonchev–Trinajstić information content (AvgIpc) is 2.92. The second-order valence-electron chi connectivity index (χ2n) is 13.2. The van der Waals surface area contributed by atoms with E-state index in [1.165, 1.54) is 32.1 Å². The number of amides is 1. The quantitative estimate of drug-likeness (QED) is 0.274. The Morgan fingerprint density at radius 2 is 1.74 bits per heavy atom. The third-order valence-electron chi connectivity index (χ3n) is 8.24. The molecule has 2 atom stereocenters. The summed E-state index contributed by atoms with van der Waals surface area (Å²) >= 11 is 0. The molecule has 1 aliphatic rings. The van der Waals surface area contributed by atoms with Gasteiger partial charge >= 0.3 is 5.97 Å². The number of likely N-dealkylation sites (N-methyl/N-ethyl adjacent to an activating group) is 1. The van der Waals surface area contributed by atoms with E-state index in [4.69, 9.17) is 4.74 Å². The predicted octanol–water partition coefficient (Wildman–Crippen LogP) is 5.87. The third kappa shape index (κ3) is 11.4. The van der Waals surface area contributed by atoms with E-state index in [-0.39, 0.29) is 23.8 Å². The highest BCUT2D eigenvalue weighted by molar-refractivity contribution is 7.90. The summed E-state index contributed by atoms with van der Waals surface area (Å²) in [4.78, 5) is 27.7. The minimum atomic E-state index is -3.38. The number of nitrogens with one attached hydrogen (secondary N) is 1. The zero-order valence-corrected chi connectivity index (χ0v) is 27.5. The number of hydrogen-bond donors (Lipinski definition) is 2. The number of ether oxygens (including phenoxy) is 1. The van der Waals surface area contributed by atoms with Crippen LogP contribution >= 0.6 is 0 Å². The average molecular weight is 615 g/mol. The van der Waals surface area contributed by atoms with Crippen molar-refractivity contribution < 1.29 is 27.9 Å². The molecule has 1 aliphatic carbocycles. The predicted molar refractivity (Wildman–Crippen MR) is 172 cm³/mol. The van der Waals surface area contributed by atoms with Gasteiger partial charge in [0.25, 0.3) is 5.91 Å². The lowest BCUT2D eigenvalue weighted by Gasteiger charge is -2.34. The second-order valence-corrected chi connectivity index (χ2v) is 15.5. The zero-order valence-electron chi connectivity index (χ0n) is 26.7. The summed E-state index contributed by atoms with van der Waals surface area (Å²) in [6.07, 6.45) is 8.37. The maximum atomic E-state index is 13.5. The van der Waals surface area contributed by atoms with Crippen molar-refractivity contribution in [3.05, 3.63) is 59.2 Å². The molecule has 0 bridgehead atoms. The van der Waals surface area contributed by atoms with E-state index in [0.717, 1.165) is 29.4 Å². The van der Waals surface area contributed by atoms with Crippen LogP contribution in [-0.2, 0) is 25.9 Å². The molecule has 2 N–H and O–H groups in total. The van der Waals surface area contributed by atoms with Gasteiger partial charge in [-0.3, -0.25) is 9.69 Å². The van der Waals surface area contributed by atoms with Gasteiger partial charge in [-0.25, -0.2) is 13.2 Å². The SMILES string of the molecule is Cc1ccccc1-c1cc(CN(C)[C@@H](COC(C)(C)C)CC2CCCCC2)ccc1C(=O)N[C@@H](CCS(C)(=O)=O)C(=O)O.